The molecule has 0 spiro atoms. The van der Waals surface area contributed by atoms with Gasteiger partial charge in [0.1, 0.15) is 12.3 Å². The normalized spacial score (nSPS) is 22.2. The molecule has 2 aromatic rings. The first-order valence-electron chi connectivity index (χ1n) is 5.94. The van der Waals surface area contributed by atoms with Gasteiger partial charge in [0, 0.05) is 31.5 Å². The van der Waals surface area contributed by atoms with Gasteiger partial charge in [-0.2, -0.15) is 5.10 Å². The topological polar surface area (TPSA) is 77.0 Å². The van der Waals surface area contributed by atoms with Crippen LogP contribution in [0.4, 0.5) is 4.39 Å². The Morgan fingerprint density at radius 2 is 2.21 bits per heavy atom. The lowest BCUT2D eigenvalue weighted by Gasteiger charge is -2.29. The third kappa shape index (κ3) is 1.91. The Kier molecular flexibility index (Phi) is 2.62. The predicted octanol–water partition coefficient (Wildman–Crippen LogP) is 0.501. The van der Waals surface area contributed by atoms with Gasteiger partial charge in [0.25, 0.3) is 11.1 Å². The molecule has 3 rings (SSSR count). The van der Waals surface area contributed by atoms with E-state index in [1.165, 1.54) is 19.4 Å². The van der Waals surface area contributed by atoms with E-state index in [2.05, 4.69) is 10.1 Å². The zero-order chi connectivity index (χ0) is 13.6. The Morgan fingerprint density at radius 3 is 2.89 bits per heavy atom. The number of hydrogen-bond donors (Lipinski definition) is 1. The maximum atomic E-state index is 12.8. The minimum atomic E-state index is -0.886. The summed E-state index contributed by atoms with van der Waals surface area (Å²) in [4.78, 5) is 26.3. The number of fused-ring (bicyclic) bond motifs is 1. The first-order valence-corrected chi connectivity index (χ1v) is 5.94. The van der Waals surface area contributed by atoms with Crippen LogP contribution in [0.25, 0.3) is 10.8 Å². The summed E-state index contributed by atoms with van der Waals surface area (Å²) < 4.78 is 19.4. The summed E-state index contributed by atoms with van der Waals surface area (Å²) in [5, 5.41) is 4.55. The van der Waals surface area contributed by atoms with Crippen molar-refractivity contribution < 1.29 is 9.13 Å². The standard InChI is InChI=1S/C12H12FN3O3/c1-16-12(18)9-6(5-15-16)4-14-11(17)10(9)19-8-2-7(13)3-8/h4-5,7-8H,2-3H2,1H3,(H,14,17). The summed E-state index contributed by atoms with van der Waals surface area (Å²) in [6.07, 6.45) is 2.15. The van der Waals surface area contributed by atoms with Gasteiger partial charge in [-0.1, -0.05) is 0 Å². The van der Waals surface area contributed by atoms with E-state index in [1.807, 2.05) is 0 Å². The van der Waals surface area contributed by atoms with Crippen LogP contribution in [0, 0.1) is 0 Å². The number of hydrogen-bond acceptors (Lipinski definition) is 4. The SMILES string of the molecule is Cn1ncc2c[nH]c(=O)c(OC3CC(F)C3)c2c1=O. The lowest BCUT2D eigenvalue weighted by molar-refractivity contribution is 0.0410. The molecule has 1 N–H and O–H groups in total. The summed E-state index contributed by atoms with van der Waals surface area (Å²) in [5.74, 6) is -0.0441. The molecule has 1 saturated carbocycles. The summed E-state index contributed by atoms with van der Waals surface area (Å²) in [7, 11) is 1.49. The first-order chi connectivity index (χ1) is 9.06. The Hall–Kier alpha value is -2.18. The number of halogens is 1. The average molecular weight is 265 g/mol. The van der Waals surface area contributed by atoms with Gasteiger partial charge in [-0.05, 0) is 0 Å². The van der Waals surface area contributed by atoms with E-state index in [4.69, 9.17) is 4.74 Å². The average Bonchev–Trinajstić information content (AvgIpc) is 2.35. The van der Waals surface area contributed by atoms with Gasteiger partial charge in [-0.3, -0.25) is 9.59 Å². The highest BCUT2D eigenvalue weighted by Gasteiger charge is 2.32. The highest BCUT2D eigenvalue weighted by atomic mass is 19.1. The molecule has 0 aliphatic heterocycles. The van der Waals surface area contributed by atoms with Gasteiger partial charge in [0.15, 0.2) is 5.75 Å². The van der Waals surface area contributed by atoms with Crippen LogP contribution in [0.15, 0.2) is 22.0 Å². The van der Waals surface area contributed by atoms with Crippen LogP contribution in [0.2, 0.25) is 0 Å². The number of pyridine rings is 1. The fraction of sp³-hybridized carbons (Fsp3) is 0.417. The number of aryl methyl sites for hydroxylation is 1. The number of rotatable bonds is 2. The maximum Gasteiger partial charge on any atom is 0.291 e. The molecule has 1 fully saturated rings. The van der Waals surface area contributed by atoms with Crippen molar-refractivity contribution in [1.82, 2.24) is 14.8 Å². The van der Waals surface area contributed by atoms with Crippen molar-refractivity contribution in [3.8, 4) is 5.75 Å². The second-order valence-electron chi connectivity index (χ2n) is 4.66. The van der Waals surface area contributed by atoms with Crippen molar-refractivity contribution in [3.05, 3.63) is 33.1 Å². The molecule has 0 amide bonds. The first kappa shape index (κ1) is 11.9. The van der Waals surface area contributed by atoms with Gasteiger partial charge < -0.3 is 9.72 Å². The van der Waals surface area contributed by atoms with Gasteiger partial charge in [-0.15, -0.1) is 0 Å². The third-order valence-corrected chi connectivity index (χ3v) is 3.28. The number of aromatic amines is 1. The van der Waals surface area contributed by atoms with Crippen molar-refractivity contribution >= 4 is 10.8 Å². The molecule has 0 unspecified atom stereocenters. The number of ether oxygens (including phenoxy) is 1. The van der Waals surface area contributed by atoms with Crippen LogP contribution >= 0.6 is 0 Å². The van der Waals surface area contributed by atoms with Crippen LogP contribution < -0.4 is 15.9 Å². The van der Waals surface area contributed by atoms with Crippen molar-refractivity contribution in [2.75, 3.05) is 0 Å². The molecule has 19 heavy (non-hydrogen) atoms. The number of aromatic nitrogens is 3. The molecule has 0 bridgehead atoms. The summed E-state index contributed by atoms with van der Waals surface area (Å²) in [6.45, 7) is 0. The Morgan fingerprint density at radius 1 is 1.47 bits per heavy atom. The molecule has 7 heteroatoms. The third-order valence-electron chi connectivity index (χ3n) is 3.28. The second-order valence-corrected chi connectivity index (χ2v) is 4.66. The fourth-order valence-electron chi connectivity index (χ4n) is 2.09. The van der Waals surface area contributed by atoms with Crippen LogP contribution in [-0.4, -0.2) is 27.0 Å². The molecule has 2 heterocycles. The monoisotopic (exact) mass is 265 g/mol. The van der Waals surface area contributed by atoms with E-state index in [-0.39, 0.29) is 30.1 Å². The van der Waals surface area contributed by atoms with Gasteiger partial charge >= 0.3 is 0 Å². The van der Waals surface area contributed by atoms with E-state index in [0.29, 0.717) is 5.39 Å². The quantitative estimate of drug-likeness (QED) is 0.857. The van der Waals surface area contributed by atoms with Gasteiger partial charge in [0.2, 0.25) is 0 Å². The highest BCUT2D eigenvalue weighted by Crippen LogP contribution is 2.28. The predicted molar refractivity (Wildman–Crippen MR) is 66.2 cm³/mol. The minimum Gasteiger partial charge on any atom is -0.484 e. The molecule has 2 aromatic heterocycles. The molecular formula is C12H12FN3O3. The summed E-state index contributed by atoms with van der Waals surface area (Å²) >= 11 is 0. The largest absolute Gasteiger partial charge is 0.484 e. The van der Waals surface area contributed by atoms with Crippen LogP contribution in [0.1, 0.15) is 12.8 Å². The lowest BCUT2D eigenvalue weighted by atomic mass is 9.93. The van der Waals surface area contributed by atoms with E-state index < -0.39 is 17.3 Å². The number of nitrogens with zero attached hydrogens (tertiary/aromatic N) is 2. The molecular weight excluding hydrogens is 253 g/mol. The van der Waals surface area contributed by atoms with Crippen LogP contribution in [-0.2, 0) is 7.05 Å². The smallest absolute Gasteiger partial charge is 0.291 e. The zero-order valence-electron chi connectivity index (χ0n) is 10.2. The molecule has 100 valence electrons. The van der Waals surface area contributed by atoms with E-state index in [9.17, 15) is 14.0 Å². The number of H-pyrrole nitrogens is 1. The Labute approximate surface area is 106 Å². The van der Waals surface area contributed by atoms with Crippen molar-refractivity contribution in [2.45, 2.75) is 25.1 Å². The van der Waals surface area contributed by atoms with E-state index in [1.54, 1.807) is 0 Å². The Balaban J connectivity index is 2.16. The highest BCUT2D eigenvalue weighted by molar-refractivity contribution is 5.85. The summed E-state index contributed by atoms with van der Waals surface area (Å²) in [5.41, 5.74) is -0.896. The van der Waals surface area contributed by atoms with Crippen molar-refractivity contribution in [3.63, 3.8) is 0 Å². The lowest BCUT2D eigenvalue weighted by Crippen LogP contribution is -2.37. The minimum absolute atomic E-state index is 0.0441. The van der Waals surface area contributed by atoms with Crippen LogP contribution in [0.3, 0.4) is 0 Å². The molecule has 0 atom stereocenters. The molecule has 0 radical (unpaired) electrons. The van der Waals surface area contributed by atoms with E-state index in [0.717, 1.165) is 4.68 Å². The second kappa shape index (κ2) is 4.18. The van der Waals surface area contributed by atoms with Gasteiger partial charge in [-0.25, -0.2) is 9.07 Å². The number of alkyl halides is 1. The maximum absolute atomic E-state index is 12.8. The molecule has 6 nitrogen and oxygen atoms in total. The Bertz CT molecular complexity index is 746. The fourth-order valence-corrected chi connectivity index (χ4v) is 2.09. The van der Waals surface area contributed by atoms with Crippen molar-refractivity contribution in [1.29, 1.82) is 0 Å². The molecule has 0 aromatic carbocycles. The molecule has 1 aliphatic rings. The van der Waals surface area contributed by atoms with Crippen molar-refractivity contribution in [2.24, 2.45) is 7.05 Å². The number of nitrogens with one attached hydrogen (secondary N) is 1. The summed E-state index contributed by atoms with van der Waals surface area (Å²) in [6, 6.07) is 0. The van der Waals surface area contributed by atoms with E-state index >= 15 is 0 Å². The molecule has 0 saturated heterocycles. The van der Waals surface area contributed by atoms with Crippen LogP contribution in [0.5, 0.6) is 5.75 Å². The molecule has 1 aliphatic carbocycles. The van der Waals surface area contributed by atoms with Gasteiger partial charge in [0.05, 0.1) is 11.6 Å². The zero-order valence-corrected chi connectivity index (χ0v) is 10.2.